The number of carbonyl (C=O) groups is 2. The molecule has 2 aromatic rings. The number of rotatable bonds is 4. The minimum atomic E-state index is -1.35. The van der Waals surface area contributed by atoms with E-state index in [0.717, 1.165) is 46.7 Å². The van der Waals surface area contributed by atoms with E-state index >= 15 is 0 Å². The first-order valence-electron chi connectivity index (χ1n) is 11.8. The minimum Gasteiger partial charge on any atom is -0.486 e. The van der Waals surface area contributed by atoms with Gasteiger partial charge in [0.05, 0.1) is 10.0 Å². The Morgan fingerprint density at radius 1 is 1.12 bits per heavy atom. The molecule has 1 saturated carbocycles. The number of nitrogens with one attached hydrogen (secondary N) is 1. The number of carboxylic acids is 1. The lowest BCUT2D eigenvalue weighted by atomic mass is 9.64. The number of hydrogen-bond donors (Lipinski definition) is 2. The van der Waals surface area contributed by atoms with Gasteiger partial charge in [-0.15, -0.1) is 0 Å². The molecule has 2 N–H and O–H groups in total. The zero-order valence-corrected chi connectivity index (χ0v) is 21.5. The van der Waals surface area contributed by atoms with E-state index in [2.05, 4.69) is 48.9 Å². The van der Waals surface area contributed by atoms with E-state index in [1.54, 1.807) is 6.07 Å². The van der Waals surface area contributed by atoms with Crippen LogP contribution in [0.5, 0.6) is 5.75 Å². The second kappa shape index (κ2) is 9.33. The van der Waals surface area contributed by atoms with Gasteiger partial charge in [0.1, 0.15) is 17.2 Å². The number of aromatic carboxylic acids is 1. The molecular weight excluding hydrogens is 501 g/mol. The molecule has 1 aliphatic heterocycles. The standard InChI is InChI=1S/C27H31BrFNO4/c1-14-5-7-16(8-6-14)23-15(2)27(3,4)34-24-20(23)11-17(12-21(24)28)25(31)30-18-9-10-19(26(32)33)22(29)13-18/h9-16,23H,5-8H2,1-4H3,(H,30,31)(H,32,33). The van der Waals surface area contributed by atoms with E-state index in [4.69, 9.17) is 9.84 Å². The van der Waals surface area contributed by atoms with Crippen LogP contribution in [0.2, 0.25) is 0 Å². The van der Waals surface area contributed by atoms with Crippen LogP contribution in [0.15, 0.2) is 34.8 Å². The summed E-state index contributed by atoms with van der Waals surface area (Å²) in [6, 6.07) is 7.19. The van der Waals surface area contributed by atoms with Crippen LogP contribution in [0.25, 0.3) is 0 Å². The molecule has 0 aromatic heterocycles. The van der Waals surface area contributed by atoms with Gasteiger partial charge in [0, 0.05) is 17.2 Å². The largest absolute Gasteiger partial charge is 0.486 e. The Morgan fingerprint density at radius 3 is 2.41 bits per heavy atom. The molecule has 2 atom stereocenters. The van der Waals surface area contributed by atoms with E-state index < -0.39 is 17.3 Å². The number of benzene rings is 2. The molecule has 0 radical (unpaired) electrons. The molecule has 1 amide bonds. The predicted molar refractivity (Wildman–Crippen MR) is 133 cm³/mol. The molecule has 5 nitrogen and oxygen atoms in total. The van der Waals surface area contributed by atoms with Crippen molar-refractivity contribution >= 4 is 33.5 Å². The summed E-state index contributed by atoms with van der Waals surface area (Å²) in [6.07, 6.45) is 4.75. The van der Waals surface area contributed by atoms with E-state index in [1.807, 2.05) is 6.07 Å². The number of halogens is 2. The first kappa shape index (κ1) is 24.7. The topological polar surface area (TPSA) is 75.6 Å². The van der Waals surface area contributed by atoms with Gasteiger partial charge >= 0.3 is 5.97 Å². The highest BCUT2D eigenvalue weighted by molar-refractivity contribution is 9.10. The van der Waals surface area contributed by atoms with Gasteiger partial charge in [0.25, 0.3) is 5.91 Å². The molecule has 2 aliphatic rings. The summed E-state index contributed by atoms with van der Waals surface area (Å²) in [5.41, 5.74) is 0.908. The molecule has 182 valence electrons. The van der Waals surface area contributed by atoms with Crippen molar-refractivity contribution in [2.75, 3.05) is 5.32 Å². The number of anilines is 1. The van der Waals surface area contributed by atoms with Crippen LogP contribution in [0.4, 0.5) is 10.1 Å². The Kier molecular flexibility index (Phi) is 6.78. The monoisotopic (exact) mass is 531 g/mol. The Hall–Kier alpha value is -2.41. The van der Waals surface area contributed by atoms with Gasteiger partial charge in [-0.3, -0.25) is 4.79 Å². The zero-order chi connectivity index (χ0) is 24.8. The van der Waals surface area contributed by atoms with Gasteiger partial charge in [-0.05, 0) is 96.3 Å². The smallest absolute Gasteiger partial charge is 0.338 e. The van der Waals surface area contributed by atoms with Crippen molar-refractivity contribution in [3.63, 3.8) is 0 Å². The summed E-state index contributed by atoms with van der Waals surface area (Å²) in [7, 11) is 0. The molecular formula is C27H31BrFNO4. The first-order chi connectivity index (χ1) is 16.0. The van der Waals surface area contributed by atoms with Gasteiger partial charge in [0.15, 0.2) is 0 Å². The lowest BCUT2D eigenvalue weighted by molar-refractivity contribution is -0.000176. The lowest BCUT2D eigenvalue weighted by Crippen LogP contribution is -2.45. The molecule has 1 fully saturated rings. The maximum Gasteiger partial charge on any atom is 0.338 e. The fourth-order valence-electron chi connectivity index (χ4n) is 5.44. The predicted octanol–water partition coefficient (Wildman–Crippen LogP) is 7.26. The second-order valence-corrected chi connectivity index (χ2v) is 11.2. The summed E-state index contributed by atoms with van der Waals surface area (Å²) >= 11 is 3.63. The number of carbonyl (C=O) groups excluding carboxylic acids is 1. The van der Waals surface area contributed by atoms with Crippen LogP contribution in [0, 0.1) is 23.6 Å². The third-order valence-corrected chi connectivity index (χ3v) is 8.31. The van der Waals surface area contributed by atoms with Crippen molar-refractivity contribution in [3.8, 4) is 5.75 Å². The number of carboxylic acid groups (broad SMARTS) is 1. The average Bonchev–Trinajstić information content (AvgIpc) is 2.76. The molecule has 2 unspecified atom stereocenters. The molecule has 34 heavy (non-hydrogen) atoms. The molecule has 0 saturated heterocycles. The Morgan fingerprint density at radius 2 is 1.79 bits per heavy atom. The highest BCUT2D eigenvalue weighted by atomic mass is 79.9. The van der Waals surface area contributed by atoms with Crippen LogP contribution in [-0.2, 0) is 0 Å². The third-order valence-electron chi connectivity index (χ3n) is 7.72. The molecule has 2 aromatic carbocycles. The Labute approximate surface area is 208 Å². The molecule has 0 spiro atoms. The zero-order valence-electron chi connectivity index (χ0n) is 20.0. The van der Waals surface area contributed by atoms with E-state index in [0.29, 0.717) is 11.5 Å². The highest BCUT2D eigenvalue weighted by Gasteiger charge is 2.45. The summed E-state index contributed by atoms with van der Waals surface area (Å²) in [5, 5.41) is 11.7. The second-order valence-electron chi connectivity index (χ2n) is 10.4. The van der Waals surface area contributed by atoms with Crippen molar-refractivity contribution in [1.82, 2.24) is 0 Å². The summed E-state index contributed by atoms with van der Waals surface area (Å²) < 4.78 is 21.2. The van der Waals surface area contributed by atoms with Gasteiger partial charge < -0.3 is 15.2 Å². The SMILES string of the molecule is CC1CCC(C2c3cc(C(=O)Nc4ccc(C(=O)O)c(F)c4)cc(Br)c3OC(C)(C)C2C)CC1. The van der Waals surface area contributed by atoms with Crippen LogP contribution >= 0.6 is 15.9 Å². The van der Waals surface area contributed by atoms with Crippen LogP contribution in [-0.4, -0.2) is 22.6 Å². The van der Waals surface area contributed by atoms with E-state index in [9.17, 15) is 14.0 Å². The Balaban J connectivity index is 1.68. The van der Waals surface area contributed by atoms with Crippen LogP contribution < -0.4 is 10.1 Å². The molecule has 1 heterocycles. The quantitative estimate of drug-likeness (QED) is 0.435. The van der Waals surface area contributed by atoms with Crippen molar-refractivity contribution in [2.45, 2.75) is 64.9 Å². The fourth-order valence-corrected chi connectivity index (χ4v) is 5.99. The first-order valence-corrected chi connectivity index (χ1v) is 12.6. The maximum atomic E-state index is 14.1. The van der Waals surface area contributed by atoms with Gasteiger partial charge in [-0.2, -0.15) is 0 Å². The van der Waals surface area contributed by atoms with Gasteiger partial charge in [-0.25, -0.2) is 9.18 Å². The van der Waals surface area contributed by atoms with E-state index in [1.165, 1.54) is 18.9 Å². The molecule has 0 bridgehead atoms. The maximum absolute atomic E-state index is 14.1. The number of amides is 1. The number of hydrogen-bond acceptors (Lipinski definition) is 3. The van der Waals surface area contributed by atoms with Gasteiger partial charge in [0.2, 0.25) is 0 Å². The van der Waals surface area contributed by atoms with Crippen molar-refractivity contribution in [3.05, 3.63) is 57.3 Å². The molecule has 1 aliphatic carbocycles. The highest BCUT2D eigenvalue weighted by Crippen LogP contribution is 2.54. The summed E-state index contributed by atoms with van der Waals surface area (Å²) in [6.45, 7) is 8.80. The van der Waals surface area contributed by atoms with Crippen molar-refractivity contribution in [1.29, 1.82) is 0 Å². The average molecular weight is 532 g/mol. The van der Waals surface area contributed by atoms with Crippen LogP contribution in [0.3, 0.4) is 0 Å². The fraction of sp³-hybridized carbons (Fsp3) is 0.481. The lowest BCUT2D eigenvalue weighted by Gasteiger charge is -2.48. The summed E-state index contributed by atoms with van der Waals surface area (Å²) in [5.74, 6) is -0.0442. The number of fused-ring (bicyclic) bond motifs is 1. The third kappa shape index (κ3) is 4.72. The summed E-state index contributed by atoms with van der Waals surface area (Å²) in [4.78, 5) is 24.2. The molecule has 4 rings (SSSR count). The normalized spacial score (nSPS) is 25.7. The van der Waals surface area contributed by atoms with Crippen molar-refractivity contribution in [2.24, 2.45) is 17.8 Å². The molecule has 7 heteroatoms. The van der Waals surface area contributed by atoms with E-state index in [-0.39, 0.29) is 29.0 Å². The van der Waals surface area contributed by atoms with Gasteiger partial charge in [-0.1, -0.05) is 26.7 Å². The number of ether oxygens (including phenoxy) is 1. The Bertz CT molecular complexity index is 1120. The van der Waals surface area contributed by atoms with Crippen LogP contribution in [0.1, 0.15) is 85.6 Å². The van der Waals surface area contributed by atoms with Crippen molar-refractivity contribution < 1.29 is 23.8 Å². The minimum absolute atomic E-state index is 0.199.